The molecule has 4 nitrogen and oxygen atoms in total. The molecule has 23 heavy (non-hydrogen) atoms. The largest absolute Gasteiger partial charge is 0.325 e. The highest BCUT2D eigenvalue weighted by molar-refractivity contribution is 6.30. The molecule has 0 aliphatic carbocycles. The lowest BCUT2D eigenvalue weighted by Gasteiger charge is -2.07. The van der Waals surface area contributed by atoms with Gasteiger partial charge in [0.2, 0.25) is 5.91 Å². The first-order valence-electron chi connectivity index (χ1n) is 7.40. The van der Waals surface area contributed by atoms with E-state index in [1.165, 1.54) is 6.92 Å². The summed E-state index contributed by atoms with van der Waals surface area (Å²) >= 11 is 5.92. The minimum absolute atomic E-state index is 0.00515. The summed E-state index contributed by atoms with van der Waals surface area (Å²) in [6.07, 6.45) is 0.807. The van der Waals surface area contributed by atoms with Crippen LogP contribution in [-0.2, 0) is 11.2 Å². The van der Waals surface area contributed by atoms with Gasteiger partial charge in [0.1, 0.15) is 0 Å². The molecule has 120 valence electrons. The molecule has 0 saturated heterocycles. The normalized spacial score (nSPS) is 10.3. The molecule has 2 rings (SSSR count). The van der Waals surface area contributed by atoms with Crippen LogP contribution in [0.5, 0.6) is 0 Å². The Kier molecular flexibility index (Phi) is 6.32. The van der Waals surface area contributed by atoms with Crippen molar-refractivity contribution in [2.75, 3.05) is 18.4 Å². The Hall–Kier alpha value is -2.17. The highest BCUT2D eigenvalue weighted by atomic mass is 35.5. The van der Waals surface area contributed by atoms with Crippen LogP contribution in [0.3, 0.4) is 0 Å². The number of ketones is 1. The maximum atomic E-state index is 11.8. The van der Waals surface area contributed by atoms with E-state index in [9.17, 15) is 9.59 Å². The fourth-order valence-corrected chi connectivity index (χ4v) is 2.33. The lowest BCUT2D eigenvalue weighted by atomic mass is 10.1. The van der Waals surface area contributed by atoms with Gasteiger partial charge < -0.3 is 10.6 Å². The van der Waals surface area contributed by atoms with Crippen LogP contribution < -0.4 is 10.6 Å². The molecule has 0 bridgehead atoms. The highest BCUT2D eigenvalue weighted by Gasteiger charge is 2.03. The molecule has 0 radical (unpaired) electrons. The van der Waals surface area contributed by atoms with Gasteiger partial charge in [0.05, 0.1) is 6.54 Å². The molecule has 5 heteroatoms. The van der Waals surface area contributed by atoms with E-state index in [2.05, 4.69) is 10.6 Å². The Labute approximate surface area is 140 Å². The fraction of sp³-hybridized carbons (Fsp3) is 0.222. The van der Waals surface area contributed by atoms with Gasteiger partial charge in [0, 0.05) is 16.3 Å². The standard InChI is InChI=1S/C18H19ClN2O2/c1-13(22)15-5-7-17(8-6-15)21-18(23)12-20-10-9-14-3-2-4-16(19)11-14/h2-8,11,20H,9-10,12H2,1H3,(H,21,23). The zero-order valence-electron chi connectivity index (χ0n) is 12.9. The van der Waals surface area contributed by atoms with Crippen LogP contribution in [-0.4, -0.2) is 24.8 Å². The van der Waals surface area contributed by atoms with E-state index >= 15 is 0 Å². The van der Waals surface area contributed by atoms with Crippen molar-refractivity contribution in [3.63, 3.8) is 0 Å². The number of nitrogens with one attached hydrogen (secondary N) is 2. The van der Waals surface area contributed by atoms with E-state index in [-0.39, 0.29) is 18.2 Å². The van der Waals surface area contributed by atoms with Gasteiger partial charge in [0.15, 0.2) is 5.78 Å². The number of anilines is 1. The van der Waals surface area contributed by atoms with E-state index in [1.807, 2.05) is 24.3 Å². The van der Waals surface area contributed by atoms with Crippen molar-refractivity contribution in [1.82, 2.24) is 5.32 Å². The Morgan fingerprint density at radius 1 is 1.09 bits per heavy atom. The van der Waals surface area contributed by atoms with Gasteiger partial charge in [-0.25, -0.2) is 0 Å². The zero-order chi connectivity index (χ0) is 16.7. The molecule has 0 aliphatic heterocycles. The third-order valence-corrected chi connectivity index (χ3v) is 3.58. The van der Waals surface area contributed by atoms with Crippen LogP contribution in [0, 0.1) is 0 Å². The lowest BCUT2D eigenvalue weighted by molar-refractivity contribution is -0.115. The number of rotatable bonds is 7. The predicted octanol–water partition coefficient (Wildman–Crippen LogP) is 3.31. The second-order valence-corrected chi connectivity index (χ2v) is 5.67. The van der Waals surface area contributed by atoms with Crippen molar-refractivity contribution in [2.24, 2.45) is 0 Å². The van der Waals surface area contributed by atoms with Crippen molar-refractivity contribution < 1.29 is 9.59 Å². The number of amides is 1. The van der Waals surface area contributed by atoms with Crippen molar-refractivity contribution in [1.29, 1.82) is 0 Å². The first-order valence-corrected chi connectivity index (χ1v) is 7.78. The van der Waals surface area contributed by atoms with Crippen LogP contribution in [0.1, 0.15) is 22.8 Å². The lowest BCUT2D eigenvalue weighted by Crippen LogP contribution is -2.29. The molecule has 2 N–H and O–H groups in total. The Morgan fingerprint density at radius 2 is 1.83 bits per heavy atom. The second kappa shape index (κ2) is 8.46. The average Bonchev–Trinajstić information content (AvgIpc) is 2.52. The smallest absolute Gasteiger partial charge is 0.238 e. The first-order chi connectivity index (χ1) is 11.0. The third kappa shape index (κ3) is 5.85. The zero-order valence-corrected chi connectivity index (χ0v) is 13.7. The molecule has 0 atom stereocenters. The molecule has 0 aromatic heterocycles. The van der Waals surface area contributed by atoms with Gasteiger partial charge in [-0.15, -0.1) is 0 Å². The van der Waals surface area contributed by atoms with Gasteiger partial charge in [-0.1, -0.05) is 23.7 Å². The summed E-state index contributed by atoms with van der Waals surface area (Å²) in [7, 11) is 0. The minimum Gasteiger partial charge on any atom is -0.325 e. The number of benzene rings is 2. The van der Waals surface area contributed by atoms with Gasteiger partial charge in [-0.05, 0) is 61.9 Å². The monoisotopic (exact) mass is 330 g/mol. The first kappa shape index (κ1) is 17.2. The van der Waals surface area contributed by atoms with Crippen LogP contribution >= 0.6 is 11.6 Å². The summed E-state index contributed by atoms with van der Waals surface area (Å²) in [5.74, 6) is -0.114. The summed E-state index contributed by atoms with van der Waals surface area (Å²) in [4.78, 5) is 23.0. The second-order valence-electron chi connectivity index (χ2n) is 5.24. The molecule has 1 amide bonds. The molecule has 0 heterocycles. The number of carbonyl (C=O) groups excluding carboxylic acids is 2. The number of hydrogen-bond acceptors (Lipinski definition) is 3. The van der Waals surface area contributed by atoms with Crippen LogP contribution in [0.2, 0.25) is 5.02 Å². The molecule has 0 spiro atoms. The van der Waals surface area contributed by atoms with Gasteiger partial charge in [-0.3, -0.25) is 9.59 Å². The van der Waals surface area contributed by atoms with E-state index in [4.69, 9.17) is 11.6 Å². The molecule has 0 fully saturated rings. The number of Topliss-reactive ketones (excluding diaryl/α,β-unsaturated/α-hetero) is 1. The molecule has 0 aliphatic rings. The summed E-state index contributed by atoms with van der Waals surface area (Å²) in [6, 6.07) is 14.5. The van der Waals surface area contributed by atoms with Crippen LogP contribution in [0.4, 0.5) is 5.69 Å². The molecule has 2 aromatic carbocycles. The van der Waals surface area contributed by atoms with E-state index < -0.39 is 0 Å². The molecule has 0 unspecified atom stereocenters. The maximum absolute atomic E-state index is 11.8. The Bertz CT molecular complexity index is 684. The fourth-order valence-electron chi connectivity index (χ4n) is 2.12. The quantitative estimate of drug-likeness (QED) is 0.605. The summed E-state index contributed by atoms with van der Waals surface area (Å²) in [6.45, 7) is 2.43. The summed E-state index contributed by atoms with van der Waals surface area (Å²) < 4.78 is 0. The van der Waals surface area contributed by atoms with Crippen molar-refractivity contribution in [3.8, 4) is 0 Å². The molecular formula is C18H19ClN2O2. The van der Waals surface area contributed by atoms with Crippen molar-refractivity contribution in [2.45, 2.75) is 13.3 Å². The number of hydrogen-bond donors (Lipinski definition) is 2. The highest BCUT2D eigenvalue weighted by Crippen LogP contribution is 2.11. The van der Waals surface area contributed by atoms with Gasteiger partial charge >= 0.3 is 0 Å². The molecule has 0 saturated carbocycles. The Balaban J connectivity index is 1.71. The van der Waals surface area contributed by atoms with Crippen LogP contribution in [0.25, 0.3) is 0 Å². The van der Waals surface area contributed by atoms with Gasteiger partial charge in [-0.2, -0.15) is 0 Å². The van der Waals surface area contributed by atoms with E-state index in [0.717, 1.165) is 12.0 Å². The van der Waals surface area contributed by atoms with Crippen molar-refractivity contribution in [3.05, 3.63) is 64.7 Å². The Morgan fingerprint density at radius 3 is 2.48 bits per heavy atom. The van der Waals surface area contributed by atoms with Gasteiger partial charge in [0.25, 0.3) is 0 Å². The topological polar surface area (TPSA) is 58.2 Å². The maximum Gasteiger partial charge on any atom is 0.238 e. The molecular weight excluding hydrogens is 312 g/mol. The predicted molar refractivity (Wildman–Crippen MR) is 93.1 cm³/mol. The minimum atomic E-state index is -0.119. The van der Waals surface area contributed by atoms with Crippen molar-refractivity contribution >= 4 is 29.0 Å². The summed E-state index contributed by atoms with van der Waals surface area (Å²) in [5.41, 5.74) is 2.43. The summed E-state index contributed by atoms with van der Waals surface area (Å²) in [5, 5.41) is 6.59. The number of carbonyl (C=O) groups is 2. The SMILES string of the molecule is CC(=O)c1ccc(NC(=O)CNCCc2cccc(Cl)c2)cc1. The molecule has 2 aromatic rings. The van der Waals surface area contributed by atoms with Crippen LogP contribution in [0.15, 0.2) is 48.5 Å². The third-order valence-electron chi connectivity index (χ3n) is 3.34. The number of halogens is 1. The average molecular weight is 331 g/mol. The van der Waals surface area contributed by atoms with E-state index in [0.29, 0.717) is 22.8 Å². The van der Waals surface area contributed by atoms with E-state index in [1.54, 1.807) is 24.3 Å².